The average molecular weight is 560 g/mol. The van der Waals surface area contributed by atoms with Crippen molar-refractivity contribution in [3.63, 3.8) is 0 Å². The average Bonchev–Trinajstić information content (AvgIpc) is 2.98. The number of aldehydes is 1. The Kier molecular flexibility index (Phi) is 18.0. The van der Waals surface area contributed by atoms with Gasteiger partial charge in [-0.25, -0.2) is 0 Å². The van der Waals surface area contributed by atoms with Gasteiger partial charge in [-0.05, 0) is 59.7 Å². The van der Waals surface area contributed by atoms with Crippen LogP contribution in [-0.2, 0) is 11.2 Å². The molecule has 0 fully saturated rings. The third kappa shape index (κ3) is 10.7. The third-order valence-corrected chi connectivity index (χ3v) is 6.12. The van der Waals surface area contributed by atoms with Crippen molar-refractivity contribution < 1.29 is 15.0 Å². The maximum Gasteiger partial charge on any atom is 0.134 e. The molecule has 4 nitrogen and oxygen atoms in total. The van der Waals surface area contributed by atoms with E-state index in [1.54, 1.807) is 0 Å². The number of hydrogen-bond donors (Lipinski definition) is 1. The summed E-state index contributed by atoms with van der Waals surface area (Å²) in [5, 5.41) is 0. The predicted octanol–water partition coefficient (Wildman–Crippen LogP) is 9.30. The lowest BCUT2D eigenvalue weighted by Crippen LogP contribution is -2.02. The summed E-state index contributed by atoms with van der Waals surface area (Å²) in [6.45, 7) is 7.84. The molecule has 0 aliphatic heterocycles. The number of benzene rings is 4. The second kappa shape index (κ2) is 20.0. The number of halogens is 1. The van der Waals surface area contributed by atoms with Crippen LogP contribution in [0.4, 0.5) is 0 Å². The Balaban J connectivity index is 0.00000297. The first-order chi connectivity index (χ1) is 18.3. The Morgan fingerprint density at radius 1 is 0.825 bits per heavy atom. The van der Waals surface area contributed by atoms with E-state index < -0.39 is 0 Å². The van der Waals surface area contributed by atoms with Gasteiger partial charge in [-0.15, -0.1) is 12.4 Å². The molecule has 212 valence electrons. The standard InChI is InChI=1S/C33H30O2.C2H6.ClH.H3N.H2O/c1-2-26-17-19-27(20-18-26)21-22-29(23-24-30(25-34)28-11-5-3-6-12-28)32-15-9-10-16-33(32)35-31-13-7-4-8-14-31;1-2;;;/h2-20,22,25,30H,1,21,23-24H2;1-2H3;1H;1H3;1H2/b29-22+;;;;/t30-;;;;/m1..../s1. The number of carbonyl (C=O) groups is 1. The fraction of sp³-hybridized carbons (Fsp3) is 0.171. The molecular weight excluding hydrogens is 518 g/mol. The highest BCUT2D eigenvalue weighted by molar-refractivity contribution is 5.85. The van der Waals surface area contributed by atoms with Crippen LogP contribution in [0, 0.1) is 0 Å². The van der Waals surface area contributed by atoms with Gasteiger partial charge >= 0.3 is 0 Å². The van der Waals surface area contributed by atoms with Gasteiger partial charge in [-0.2, -0.15) is 0 Å². The van der Waals surface area contributed by atoms with Gasteiger partial charge in [0, 0.05) is 11.5 Å². The first kappa shape index (κ1) is 36.0. The fourth-order valence-electron chi connectivity index (χ4n) is 4.14. The van der Waals surface area contributed by atoms with Gasteiger partial charge in [0.25, 0.3) is 0 Å². The van der Waals surface area contributed by atoms with Crippen LogP contribution in [0.1, 0.15) is 54.9 Å². The summed E-state index contributed by atoms with van der Waals surface area (Å²) < 4.78 is 6.27. The van der Waals surface area contributed by atoms with E-state index in [9.17, 15) is 4.79 Å². The van der Waals surface area contributed by atoms with Crippen LogP contribution < -0.4 is 10.9 Å². The molecule has 1 atom stereocenters. The van der Waals surface area contributed by atoms with Crippen LogP contribution in [-0.4, -0.2) is 11.8 Å². The second-order valence-electron chi connectivity index (χ2n) is 8.48. The molecular formula is C35H42ClNO3. The molecule has 4 aromatic rings. The number of para-hydroxylation sites is 2. The van der Waals surface area contributed by atoms with E-state index >= 15 is 0 Å². The minimum atomic E-state index is -0.145. The van der Waals surface area contributed by atoms with Crippen molar-refractivity contribution in [3.05, 3.63) is 144 Å². The van der Waals surface area contributed by atoms with E-state index in [1.165, 1.54) is 11.1 Å². The van der Waals surface area contributed by atoms with Crippen molar-refractivity contribution in [1.29, 1.82) is 0 Å². The SMILES string of the molecule is C=Cc1ccc(C/C=C(\CC[C@H](C=O)c2ccccc2)c2ccccc2Oc2ccccc2)cc1.CC.Cl.N.O. The van der Waals surface area contributed by atoms with Gasteiger partial charge < -0.3 is 21.2 Å². The zero-order valence-electron chi connectivity index (χ0n) is 23.5. The Bertz CT molecular complexity index is 1270. The van der Waals surface area contributed by atoms with E-state index in [4.69, 9.17) is 4.74 Å². The molecule has 4 rings (SSSR count). The first-order valence-electron chi connectivity index (χ1n) is 13.0. The molecule has 5 N–H and O–H groups in total. The summed E-state index contributed by atoms with van der Waals surface area (Å²) in [4.78, 5) is 12.0. The minimum Gasteiger partial charge on any atom is -0.457 e. The Labute approximate surface area is 245 Å². The number of carbonyl (C=O) groups excluding carboxylic acids is 1. The molecule has 4 aromatic carbocycles. The largest absolute Gasteiger partial charge is 0.457 e. The van der Waals surface area contributed by atoms with Crippen molar-refractivity contribution >= 4 is 30.3 Å². The van der Waals surface area contributed by atoms with Crippen molar-refractivity contribution in [3.8, 4) is 11.5 Å². The summed E-state index contributed by atoms with van der Waals surface area (Å²) in [5.41, 5.74) is 5.61. The first-order valence-corrected chi connectivity index (χ1v) is 13.0. The van der Waals surface area contributed by atoms with Crippen LogP contribution in [0.25, 0.3) is 11.6 Å². The van der Waals surface area contributed by atoms with Crippen LogP contribution >= 0.6 is 12.4 Å². The molecule has 0 amide bonds. The molecule has 0 saturated heterocycles. The van der Waals surface area contributed by atoms with Crippen molar-refractivity contribution in [2.45, 2.75) is 39.0 Å². The van der Waals surface area contributed by atoms with Crippen molar-refractivity contribution in [2.24, 2.45) is 0 Å². The number of ether oxygens (including phenoxy) is 1. The maximum atomic E-state index is 12.0. The summed E-state index contributed by atoms with van der Waals surface area (Å²) in [7, 11) is 0. The lowest BCUT2D eigenvalue weighted by atomic mass is 9.90. The quantitative estimate of drug-likeness (QED) is 0.185. The molecule has 5 heteroatoms. The Hall–Kier alpha value is -3.96. The molecule has 0 spiro atoms. The van der Waals surface area contributed by atoms with Gasteiger partial charge in [-0.1, -0.05) is 124 Å². The maximum absolute atomic E-state index is 12.0. The molecule has 0 saturated carbocycles. The van der Waals surface area contributed by atoms with Gasteiger partial charge in [0.1, 0.15) is 17.8 Å². The van der Waals surface area contributed by atoms with Gasteiger partial charge in [0.05, 0.1) is 0 Å². The highest BCUT2D eigenvalue weighted by Gasteiger charge is 2.15. The summed E-state index contributed by atoms with van der Waals surface area (Å²) >= 11 is 0. The molecule has 0 bridgehead atoms. The molecule has 0 radical (unpaired) electrons. The van der Waals surface area contributed by atoms with E-state index in [0.717, 1.165) is 53.7 Å². The van der Waals surface area contributed by atoms with E-state index in [0.29, 0.717) is 0 Å². The fourth-order valence-corrected chi connectivity index (χ4v) is 4.14. The Morgan fingerprint density at radius 3 is 2.00 bits per heavy atom. The number of allylic oxidation sites excluding steroid dienone is 2. The molecule has 0 aromatic heterocycles. The lowest BCUT2D eigenvalue weighted by molar-refractivity contribution is -0.109. The topological polar surface area (TPSA) is 92.8 Å². The zero-order chi connectivity index (χ0) is 26.3. The highest BCUT2D eigenvalue weighted by atomic mass is 35.5. The van der Waals surface area contributed by atoms with E-state index in [2.05, 4.69) is 43.0 Å². The number of rotatable bonds is 11. The monoisotopic (exact) mass is 559 g/mol. The molecule has 0 aliphatic rings. The van der Waals surface area contributed by atoms with Gasteiger partial charge in [0.2, 0.25) is 0 Å². The zero-order valence-corrected chi connectivity index (χ0v) is 24.3. The third-order valence-electron chi connectivity index (χ3n) is 6.12. The van der Waals surface area contributed by atoms with Crippen LogP contribution in [0.2, 0.25) is 0 Å². The summed E-state index contributed by atoms with van der Waals surface area (Å²) in [5.74, 6) is 1.47. The van der Waals surface area contributed by atoms with Crippen LogP contribution in [0.3, 0.4) is 0 Å². The molecule has 0 unspecified atom stereocenters. The van der Waals surface area contributed by atoms with Crippen LogP contribution in [0.5, 0.6) is 11.5 Å². The van der Waals surface area contributed by atoms with Crippen molar-refractivity contribution in [2.75, 3.05) is 0 Å². The lowest BCUT2D eigenvalue weighted by Gasteiger charge is -2.17. The predicted molar refractivity (Wildman–Crippen MR) is 173 cm³/mol. The summed E-state index contributed by atoms with van der Waals surface area (Å²) in [6.07, 6.45) is 7.47. The van der Waals surface area contributed by atoms with E-state index in [-0.39, 0.29) is 30.0 Å². The Morgan fingerprint density at radius 2 is 1.40 bits per heavy atom. The molecule has 0 aliphatic carbocycles. The van der Waals surface area contributed by atoms with Gasteiger partial charge in [-0.3, -0.25) is 0 Å². The number of hydrogen-bond acceptors (Lipinski definition) is 3. The van der Waals surface area contributed by atoms with Crippen molar-refractivity contribution in [1.82, 2.24) is 6.15 Å². The summed E-state index contributed by atoms with van der Waals surface area (Å²) in [6, 6.07) is 36.4. The van der Waals surface area contributed by atoms with Crippen LogP contribution in [0.15, 0.2) is 122 Å². The highest BCUT2D eigenvalue weighted by Crippen LogP contribution is 2.34. The van der Waals surface area contributed by atoms with E-state index in [1.807, 2.05) is 98.8 Å². The smallest absolute Gasteiger partial charge is 0.134 e. The molecule has 0 heterocycles. The minimum absolute atomic E-state index is 0. The van der Waals surface area contributed by atoms with Gasteiger partial charge in [0.15, 0.2) is 0 Å². The normalized spacial score (nSPS) is 10.7. The molecule has 40 heavy (non-hydrogen) atoms. The second-order valence-corrected chi connectivity index (χ2v) is 8.48.